The predicted octanol–water partition coefficient (Wildman–Crippen LogP) is 2.01. The van der Waals surface area contributed by atoms with Crippen LogP contribution in [0.25, 0.3) is 0 Å². The van der Waals surface area contributed by atoms with Crippen molar-refractivity contribution < 1.29 is 13.2 Å². The van der Waals surface area contributed by atoms with Gasteiger partial charge in [-0.3, -0.25) is 0 Å². The lowest BCUT2D eigenvalue weighted by Crippen LogP contribution is -2.38. The molecule has 6 heteroatoms. The third-order valence-electron chi connectivity index (χ3n) is 3.29. The van der Waals surface area contributed by atoms with Gasteiger partial charge in [-0.25, -0.2) is 8.42 Å². The minimum atomic E-state index is -3.52. The largest absolute Gasteiger partial charge is 0.497 e. The summed E-state index contributed by atoms with van der Waals surface area (Å²) in [6.45, 7) is 6.65. The van der Waals surface area contributed by atoms with E-state index in [4.69, 9.17) is 10.5 Å². The van der Waals surface area contributed by atoms with Crippen molar-refractivity contribution in [2.24, 2.45) is 5.73 Å². The first kappa shape index (κ1) is 17.9. The SMILES string of the molecule is CCCN(C(C)C)S(=O)(=O)c1ccc(OC)cc1CCN. The Labute approximate surface area is 128 Å². The van der Waals surface area contributed by atoms with Crippen molar-refractivity contribution in [2.75, 3.05) is 20.2 Å². The van der Waals surface area contributed by atoms with E-state index in [1.54, 1.807) is 25.3 Å². The van der Waals surface area contributed by atoms with Gasteiger partial charge in [0.2, 0.25) is 10.0 Å². The average molecular weight is 314 g/mol. The van der Waals surface area contributed by atoms with Crippen LogP contribution >= 0.6 is 0 Å². The maximum Gasteiger partial charge on any atom is 0.243 e. The van der Waals surface area contributed by atoms with Crippen molar-refractivity contribution in [1.82, 2.24) is 4.31 Å². The molecule has 0 aromatic heterocycles. The monoisotopic (exact) mass is 314 g/mol. The molecule has 0 radical (unpaired) electrons. The standard InChI is InChI=1S/C15H26N2O3S/c1-5-10-17(12(2)3)21(18,19)15-7-6-14(20-4)11-13(15)8-9-16/h6-7,11-12H,5,8-10,16H2,1-4H3. The van der Waals surface area contributed by atoms with Crippen molar-refractivity contribution in [3.05, 3.63) is 23.8 Å². The fourth-order valence-electron chi connectivity index (χ4n) is 2.29. The lowest BCUT2D eigenvalue weighted by Gasteiger charge is -2.26. The van der Waals surface area contributed by atoms with Gasteiger partial charge in [0.05, 0.1) is 12.0 Å². The molecule has 1 aromatic rings. The van der Waals surface area contributed by atoms with Crippen LogP contribution in [0, 0.1) is 0 Å². The Hall–Kier alpha value is -1.11. The zero-order valence-corrected chi connectivity index (χ0v) is 14.1. The van der Waals surface area contributed by atoms with E-state index < -0.39 is 10.0 Å². The lowest BCUT2D eigenvalue weighted by atomic mass is 10.1. The van der Waals surface area contributed by atoms with Crippen molar-refractivity contribution in [1.29, 1.82) is 0 Å². The number of rotatable bonds is 8. The third kappa shape index (κ3) is 4.18. The summed E-state index contributed by atoms with van der Waals surface area (Å²) in [6, 6.07) is 4.97. The van der Waals surface area contributed by atoms with Gasteiger partial charge >= 0.3 is 0 Å². The van der Waals surface area contributed by atoms with E-state index >= 15 is 0 Å². The minimum Gasteiger partial charge on any atom is -0.497 e. The summed E-state index contributed by atoms with van der Waals surface area (Å²) in [4.78, 5) is 0.330. The molecule has 0 heterocycles. The second-order valence-corrected chi connectivity index (χ2v) is 7.08. The van der Waals surface area contributed by atoms with Crippen LogP contribution in [0.2, 0.25) is 0 Å². The molecule has 2 N–H and O–H groups in total. The molecule has 0 fully saturated rings. The minimum absolute atomic E-state index is 0.0808. The van der Waals surface area contributed by atoms with Crippen LogP contribution in [0.4, 0.5) is 0 Å². The number of benzene rings is 1. The number of ether oxygens (including phenoxy) is 1. The van der Waals surface area contributed by atoms with Crippen LogP contribution in [-0.4, -0.2) is 39.0 Å². The molecule has 0 unspecified atom stereocenters. The molecule has 0 bridgehead atoms. The van der Waals surface area contributed by atoms with E-state index in [0.29, 0.717) is 35.7 Å². The number of sulfonamides is 1. The Morgan fingerprint density at radius 3 is 2.48 bits per heavy atom. The smallest absolute Gasteiger partial charge is 0.243 e. The lowest BCUT2D eigenvalue weighted by molar-refractivity contribution is 0.353. The van der Waals surface area contributed by atoms with Gasteiger partial charge in [-0.15, -0.1) is 0 Å². The van der Waals surface area contributed by atoms with Gasteiger partial charge in [0, 0.05) is 12.6 Å². The zero-order valence-electron chi connectivity index (χ0n) is 13.3. The average Bonchev–Trinajstić information content (AvgIpc) is 2.44. The Bertz CT molecular complexity index is 556. The van der Waals surface area contributed by atoms with Gasteiger partial charge in [0.25, 0.3) is 0 Å². The molecule has 0 amide bonds. The van der Waals surface area contributed by atoms with Gasteiger partial charge in [0.15, 0.2) is 0 Å². The van der Waals surface area contributed by atoms with Crippen molar-refractivity contribution in [3.63, 3.8) is 0 Å². The van der Waals surface area contributed by atoms with E-state index in [9.17, 15) is 8.42 Å². The maximum atomic E-state index is 12.9. The number of methoxy groups -OCH3 is 1. The summed E-state index contributed by atoms with van der Waals surface area (Å²) in [6.07, 6.45) is 1.28. The van der Waals surface area contributed by atoms with Gasteiger partial charge in [0.1, 0.15) is 5.75 Å². The highest BCUT2D eigenvalue weighted by molar-refractivity contribution is 7.89. The van der Waals surface area contributed by atoms with Gasteiger partial charge in [-0.05, 0) is 57.0 Å². The summed E-state index contributed by atoms with van der Waals surface area (Å²) in [5, 5.41) is 0. The Kier molecular flexibility index (Phi) is 6.64. The van der Waals surface area contributed by atoms with E-state index in [2.05, 4.69) is 0 Å². The second kappa shape index (κ2) is 7.77. The number of nitrogens with two attached hydrogens (primary N) is 1. The molecule has 120 valence electrons. The molecule has 0 aliphatic carbocycles. The molecule has 0 saturated heterocycles. The number of hydrogen-bond acceptors (Lipinski definition) is 4. The van der Waals surface area contributed by atoms with Gasteiger partial charge < -0.3 is 10.5 Å². The summed E-state index contributed by atoms with van der Waals surface area (Å²) >= 11 is 0. The Morgan fingerprint density at radius 1 is 1.33 bits per heavy atom. The number of nitrogens with zero attached hydrogens (tertiary/aromatic N) is 1. The van der Waals surface area contributed by atoms with Crippen molar-refractivity contribution >= 4 is 10.0 Å². The Balaban J connectivity index is 3.34. The van der Waals surface area contributed by atoms with Crippen molar-refractivity contribution in [3.8, 4) is 5.75 Å². The molecule has 1 aromatic carbocycles. The highest BCUT2D eigenvalue weighted by Crippen LogP contribution is 2.26. The zero-order chi connectivity index (χ0) is 16.0. The first-order valence-electron chi connectivity index (χ1n) is 7.27. The maximum absolute atomic E-state index is 12.9. The van der Waals surface area contributed by atoms with Crippen LogP contribution in [0.1, 0.15) is 32.8 Å². The molecule has 0 atom stereocenters. The molecule has 5 nitrogen and oxygen atoms in total. The van der Waals surface area contributed by atoms with E-state index in [0.717, 1.165) is 6.42 Å². The van der Waals surface area contributed by atoms with E-state index in [-0.39, 0.29) is 6.04 Å². The molecule has 21 heavy (non-hydrogen) atoms. The van der Waals surface area contributed by atoms with E-state index in [1.165, 1.54) is 4.31 Å². The predicted molar refractivity (Wildman–Crippen MR) is 85.1 cm³/mol. The normalized spacial score (nSPS) is 12.1. The topological polar surface area (TPSA) is 72.6 Å². The summed E-state index contributed by atoms with van der Waals surface area (Å²) in [5.74, 6) is 0.643. The third-order valence-corrected chi connectivity index (χ3v) is 5.46. The number of hydrogen-bond donors (Lipinski definition) is 1. The molecule has 0 aliphatic heterocycles. The fourth-order valence-corrected chi connectivity index (χ4v) is 4.25. The van der Waals surface area contributed by atoms with E-state index in [1.807, 2.05) is 20.8 Å². The first-order chi connectivity index (χ1) is 9.88. The van der Waals surface area contributed by atoms with Crippen LogP contribution in [-0.2, 0) is 16.4 Å². The van der Waals surface area contributed by atoms with Gasteiger partial charge in [-0.2, -0.15) is 4.31 Å². The molecular formula is C15H26N2O3S. The first-order valence-corrected chi connectivity index (χ1v) is 8.71. The summed E-state index contributed by atoms with van der Waals surface area (Å²) in [5.41, 5.74) is 6.32. The van der Waals surface area contributed by atoms with Crippen LogP contribution in [0.3, 0.4) is 0 Å². The molecular weight excluding hydrogens is 288 g/mol. The molecule has 1 rings (SSSR count). The summed E-state index contributed by atoms with van der Waals surface area (Å²) in [7, 11) is -1.96. The Morgan fingerprint density at radius 2 is 2.00 bits per heavy atom. The van der Waals surface area contributed by atoms with Crippen LogP contribution in [0.15, 0.2) is 23.1 Å². The quantitative estimate of drug-likeness (QED) is 0.796. The van der Waals surface area contributed by atoms with Crippen LogP contribution < -0.4 is 10.5 Å². The molecule has 0 spiro atoms. The highest BCUT2D eigenvalue weighted by Gasteiger charge is 2.28. The highest BCUT2D eigenvalue weighted by atomic mass is 32.2. The van der Waals surface area contributed by atoms with Crippen LogP contribution in [0.5, 0.6) is 5.75 Å². The van der Waals surface area contributed by atoms with Crippen molar-refractivity contribution in [2.45, 2.75) is 44.6 Å². The summed E-state index contributed by atoms with van der Waals surface area (Å²) < 4.78 is 32.5. The second-order valence-electron chi connectivity index (χ2n) is 5.22. The fraction of sp³-hybridized carbons (Fsp3) is 0.600. The molecule has 0 saturated carbocycles. The molecule has 0 aliphatic rings. The van der Waals surface area contributed by atoms with Gasteiger partial charge in [-0.1, -0.05) is 6.92 Å².